The van der Waals surface area contributed by atoms with E-state index in [1.165, 1.54) is 37.9 Å². The van der Waals surface area contributed by atoms with Gasteiger partial charge in [-0.15, -0.1) is 0 Å². The Morgan fingerprint density at radius 1 is 1.20 bits per heavy atom. The van der Waals surface area contributed by atoms with E-state index >= 15 is 0 Å². The molecule has 0 aliphatic carbocycles. The fraction of sp³-hybridized carbons (Fsp3) is 0.667. The maximum absolute atomic E-state index is 3.74. The predicted octanol–water partition coefficient (Wildman–Crippen LogP) is 3.47. The predicted molar refractivity (Wildman–Crippen MR) is 87.1 cm³/mol. The van der Waals surface area contributed by atoms with Crippen LogP contribution < -0.4 is 5.32 Å². The smallest absolute Gasteiger partial charge is 0.0278 e. The van der Waals surface area contributed by atoms with Crippen molar-refractivity contribution in [1.82, 2.24) is 10.2 Å². The van der Waals surface area contributed by atoms with Gasteiger partial charge in [-0.05, 0) is 38.8 Å². The second kappa shape index (κ2) is 7.24. The van der Waals surface area contributed by atoms with Crippen LogP contribution >= 0.6 is 0 Å². The van der Waals surface area contributed by atoms with Gasteiger partial charge in [0, 0.05) is 24.7 Å². The Morgan fingerprint density at radius 3 is 2.65 bits per heavy atom. The first-order chi connectivity index (χ1) is 9.62. The van der Waals surface area contributed by atoms with E-state index in [-0.39, 0.29) is 0 Å². The molecular weight excluding hydrogens is 244 g/mol. The maximum atomic E-state index is 3.74. The second-order valence-corrected chi connectivity index (χ2v) is 6.73. The highest BCUT2D eigenvalue weighted by Gasteiger charge is 2.33. The summed E-state index contributed by atoms with van der Waals surface area (Å²) in [5, 5.41) is 3.74. The van der Waals surface area contributed by atoms with Crippen molar-refractivity contribution in [2.45, 2.75) is 58.0 Å². The van der Waals surface area contributed by atoms with Gasteiger partial charge in [0.15, 0.2) is 0 Å². The molecule has 1 unspecified atom stereocenters. The Morgan fingerprint density at radius 2 is 1.95 bits per heavy atom. The topological polar surface area (TPSA) is 15.3 Å². The molecule has 0 radical (unpaired) electrons. The zero-order valence-electron chi connectivity index (χ0n) is 13.4. The molecule has 1 heterocycles. The van der Waals surface area contributed by atoms with Gasteiger partial charge in [-0.3, -0.25) is 4.90 Å². The minimum absolute atomic E-state index is 0.293. The molecule has 2 nitrogen and oxygen atoms in total. The average Bonchev–Trinajstić information content (AvgIpc) is 2.44. The Labute approximate surface area is 124 Å². The molecule has 0 bridgehead atoms. The Kier molecular flexibility index (Phi) is 5.62. The number of nitrogens with one attached hydrogen (secondary N) is 1. The summed E-state index contributed by atoms with van der Waals surface area (Å²) < 4.78 is 0. The van der Waals surface area contributed by atoms with Gasteiger partial charge in [0.05, 0.1) is 0 Å². The summed E-state index contributed by atoms with van der Waals surface area (Å²) in [7, 11) is 0. The molecule has 1 aromatic carbocycles. The van der Waals surface area contributed by atoms with E-state index in [0.717, 1.165) is 13.0 Å². The zero-order chi connectivity index (χ0) is 14.4. The summed E-state index contributed by atoms with van der Waals surface area (Å²) >= 11 is 0. The van der Waals surface area contributed by atoms with E-state index in [4.69, 9.17) is 0 Å². The monoisotopic (exact) mass is 274 g/mol. The van der Waals surface area contributed by atoms with Crippen LogP contribution in [0.15, 0.2) is 30.3 Å². The van der Waals surface area contributed by atoms with Crippen molar-refractivity contribution >= 4 is 0 Å². The lowest BCUT2D eigenvalue weighted by atomic mass is 9.94. The van der Waals surface area contributed by atoms with Crippen LogP contribution in [0, 0.1) is 0 Å². The first-order valence-corrected chi connectivity index (χ1v) is 8.14. The van der Waals surface area contributed by atoms with Crippen LogP contribution in [0.25, 0.3) is 0 Å². The molecule has 1 aliphatic rings. The molecule has 0 saturated carbocycles. The van der Waals surface area contributed by atoms with E-state index in [1.54, 1.807) is 0 Å². The molecule has 1 aromatic rings. The lowest BCUT2D eigenvalue weighted by Crippen LogP contribution is -2.62. The van der Waals surface area contributed by atoms with Gasteiger partial charge < -0.3 is 5.32 Å². The number of benzene rings is 1. The minimum Gasteiger partial charge on any atom is -0.311 e. The Bertz CT molecular complexity index is 386. The lowest BCUT2D eigenvalue weighted by molar-refractivity contribution is 0.0644. The van der Waals surface area contributed by atoms with Crippen molar-refractivity contribution in [1.29, 1.82) is 0 Å². The fourth-order valence-electron chi connectivity index (χ4n) is 3.07. The van der Waals surface area contributed by atoms with Crippen molar-refractivity contribution < 1.29 is 0 Å². The molecule has 1 fully saturated rings. The molecule has 112 valence electrons. The van der Waals surface area contributed by atoms with Crippen LogP contribution in [0.3, 0.4) is 0 Å². The van der Waals surface area contributed by atoms with Gasteiger partial charge in [-0.2, -0.15) is 0 Å². The molecule has 1 N–H and O–H groups in total. The standard InChI is InChI=1S/C18H30N2/c1-4-5-9-12-20-14-17(19-15-18(20,2)3)13-16-10-7-6-8-11-16/h6-8,10-11,17,19H,4-5,9,12-15H2,1-3H3. The zero-order valence-corrected chi connectivity index (χ0v) is 13.4. The Balaban J connectivity index is 1.90. The minimum atomic E-state index is 0.293. The largest absolute Gasteiger partial charge is 0.311 e. The fourth-order valence-corrected chi connectivity index (χ4v) is 3.07. The summed E-state index contributed by atoms with van der Waals surface area (Å²) in [5.41, 5.74) is 1.74. The number of nitrogens with zero attached hydrogens (tertiary/aromatic N) is 1. The van der Waals surface area contributed by atoms with E-state index in [0.29, 0.717) is 11.6 Å². The molecule has 2 rings (SSSR count). The van der Waals surface area contributed by atoms with Crippen molar-refractivity contribution in [2.75, 3.05) is 19.6 Å². The van der Waals surface area contributed by atoms with Gasteiger partial charge in [-0.25, -0.2) is 0 Å². The third-order valence-electron chi connectivity index (χ3n) is 4.48. The highest BCUT2D eigenvalue weighted by atomic mass is 15.3. The first kappa shape index (κ1) is 15.5. The molecule has 0 amide bonds. The van der Waals surface area contributed by atoms with Gasteiger partial charge in [0.2, 0.25) is 0 Å². The van der Waals surface area contributed by atoms with E-state index in [2.05, 4.69) is 61.3 Å². The summed E-state index contributed by atoms with van der Waals surface area (Å²) in [6.07, 6.45) is 5.13. The third-order valence-corrected chi connectivity index (χ3v) is 4.48. The van der Waals surface area contributed by atoms with Gasteiger partial charge in [0.1, 0.15) is 0 Å². The molecule has 0 spiro atoms. The highest BCUT2D eigenvalue weighted by molar-refractivity contribution is 5.16. The van der Waals surface area contributed by atoms with Crippen molar-refractivity contribution in [2.24, 2.45) is 0 Å². The van der Waals surface area contributed by atoms with E-state index in [1.807, 2.05) is 0 Å². The van der Waals surface area contributed by atoms with E-state index < -0.39 is 0 Å². The Hall–Kier alpha value is -0.860. The average molecular weight is 274 g/mol. The normalized spacial score (nSPS) is 22.9. The van der Waals surface area contributed by atoms with Crippen LogP contribution in [0.1, 0.15) is 45.6 Å². The number of piperazine rings is 1. The van der Waals surface area contributed by atoms with Gasteiger partial charge >= 0.3 is 0 Å². The number of rotatable bonds is 6. The van der Waals surface area contributed by atoms with Gasteiger partial charge in [-0.1, -0.05) is 50.1 Å². The molecule has 20 heavy (non-hydrogen) atoms. The van der Waals surface area contributed by atoms with Crippen LogP contribution in [-0.2, 0) is 6.42 Å². The molecule has 1 aliphatic heterocycles. The first-order valence-electron chi connectivity index (χ1n) is 8.14. The second-order valence-electron chi connectivity index (χ2n) is 6.73. The van der Waals surface area contributed by atoms with Gasteiger partial charge in [0.25, 0.3) is 0 Å². The summed E-state index contributed by atoms with van der Waals surface area (Å²) in [5.74, 6) is 0. The number of unbranched alkanes of at least 4 members (excludes halogenated alkanes) is 2. The lowest BCUT2D eigenvalue weighted by Gasteiger charge is -2.46. The van der Waals surface area contributed by atoms with Crippen molar-refractivity contribution in [3.8, 4) is 0 Å². The quantitative estimate of drug-likeness (QED) is 0.799. The number of hydrogen-bond acceptors (Lipinski definition) is 2. The van der Waals surface area contributed by atoms with Crippen LogP contribution in [0.2, 0.25) is 0 Å². The number of hydrogen-bond donors (Lipinski definition) is 1. The molecule has 1 saturated heterocycles. The maximum Gasteiger partial charge on any atom is 0.0278 e. The summed E-state index contributed by atoms with van der Waals surface area (Å²) in [4.78, 5) is 2.69. The summed E-state index contributed by atoms with van der Waals surface area (Å²) in [6.45, 7) is 10.5. The van der Waals surface area contributed by atoms with Crippen LogP contribution in [0.4, 0.5) is 0 Å². The van der Waals surface area contributed by atoms with Crippen LogP contribution in [-0.4, -0.2) is 36.1 Å². The highest BCUT2D eigenvalue weighted by Crippen LogP contribution is 2.21. The van der Waals surface area contributed by atoms with Crippen molar-refractivity contribution in [3.05, 3.63) is 35.9 Å². The van der Waals surface area contributed by atoms with Crippen LogP contribution in [0.5, 0.6) is 0 Å². The third kappa shape index (κ3) is 4.32. The van der Waals surface area contributed by atoms with Crippen molar-refractivity contribution in [3.63, 3.8) is 0 Å². The summed E-state index contributed by atoms with van der Waals surface area (Å²) in [6, 6.07) is 11.4. The SMILES string of the molecule is CCCCCN1CC(Cc2ccccc2)NCC1(C)C. The van der Waals surface area contributed by atoms with E-state index in [9.17, 15) is 0 Å². The molecule has 1 atom stereocenters. The molecule has 0 aromatic heterocycles. The molecule has 2 heteroatoms. The molecular formula is C18H30N2.